The Labute approximate surface area is 570 Å². The van der Waals surface area contributed by atoms with E-state index in [0.717, 1.165) is 43.9 Å². The number of ether oxygens (including phenoxy) is 2. The molecule has 4 N–H and O–H groups in total. The molecule has 0 bridgehead atoms. The first kappa shape index (κ1) is 100. The lowest BCUT2D eigenvalue weighted by molar-refractivity contribution is -0.134. The van der Waals surface area contributed by atoms with E-state index < -0.39 is 47.3 Å². The fraction of sp³-hybridized carbons (Fsp3) is 0.810. The summed E-state index contributed by atoms with van der Waals surface area (Å²) in [4.78, 5) is 90.8. The standard InChI is InChI=1S/C10H20NO5PS2.C9H20NO3PS2.C6H14NO4PS2.C6H12NO4PS2.C6H14NO3PS2.C5H12NO4PS/c1-5-14-10(13)11(4)9(12)8-19-17(18,15-6-2)16-7-3;1-5-12-14(15,13-6-2)16-7-9(11)10-8(3)4;1-9-5-7-6(8)4-14-12(13,10-2)11-3;1-7(5-8)6(9)4-14-12(13,10-2)11-3;1-4-7-6(8)5-13-11(12,9-2)10-3;1-6-5(7)4-12-11(8,9-2)10-3/h5-8H2,1-4H3;8H,5-7H2,1-4H3,(H,10,11);4-5H2,1-3H3,(H,7,8);5H,4H2,1-3H3;4-5H2,1-3H3,(H,7,8);4H2,1-3H3,(H,6,7). The van der Waals surface area contributed by atoms with Crippen LogP contribution in [0.15, 0.2) is 0 Å². The Bertz CT molecular complexity index is 2230. The molecule has 0 radical (unpaired) electrons. The molecule has 0 unspecified atom stereocenters. The van der Waals surface area contributed by atoms with E-state index in [-0.39, 0.29) is 83.4 Å². The first-order valence-corrected chi connectivity index (χ1v) is 49.5. The average molecular weight is 1590 g/mol. The average Bonchev–Trinajstić information content (AvgIpc) is 3.73. The van der Waals surface area contributed by atoms with Gasteiger partial charge in [-0.3, -0.25) is 38.5 Å². The fourth-order valence-electron chi connectivity index (χ4n) is 3.86. The number of imide groups is 2. The molecular formula is C42H92N6O23P6S11. The second kappa shape index (κ2) is 60.4. The van der Waals surface area contributed by atoms with Gasteiger partial charge in [0.05, 0.1) is 67.6 Å². The maximum Gasteiger partial charge on any atom is 0.416 e. The molecular weight excluding hydrogens is 1500 g/mol. The van der Waals surface area contributed by atoms with Gasteiger partial charge in [-0.25, -0.2) is 14.3 Å². The van der Waals surface area contributed by atoms with Gasteiger partial charge in [0.15, 0.2) is 0 Å². The molecule has 8 amide bonds. The van der Waals surface area contributed by atoms with Crippen LogP contribution in [0, 0.1) is 0 Å². The van der Waals surface area contributed by atoms with E-state index in [9.17, 15) is 42.9 Å². The summed E-state index contributed by atoms with van der Waals surface area (Å²) in [6.45, 7) is 14.6. The van der Waals surface area contributed by atoms with Crippen LogP contribution in [0.4, 0.5) is 4.79 Å². The first-order valence-electron chi connectivity index (χ1n) is 25.2. The van der Waals surface area contributed by atoms with Crippen molar-refractivity contribution in [2.75, 3.05) is 166 Å². The molecule has 0 aromatic rings. The number of hydrogen-bond acceptors (Lipinski definition) is 34. The number of rotatable bonds is 40. The van der Waals surface area contributed by atoms with Crippen molar-refractivity contribution < 1.29 is 107 Å². The number of carbonyl (C=O) groups excluding carboxylic acids is 8. The van der Waals surface area contributed by atoms with Gasteiger partial charge in [0, 0.05) is 97.7 Å². The lowest BCUT2D eigenvalue weighted by Gasteiger charge is -2.21. The lowest BCUT2D eigenvalue weighted by Crippen LogP contribution is -2.34. The Balaban J connectivity index is -0.000000231. The van der Waals surface area contributed by atoms with Gasteiger partial charge in [0.25, 0.3) is 0 Å². The van der Waals surface area contributed by atoms with Gasteiger partial charge >= 0.3 is 12.9 Å². The van der Waals surface area contributed by atoms with E-state index in [0.29, 0.717) is 39.4 Å². The molecule has 0 fully saturated rings. The monoisotopic (exact) mass is 1590 g/mol. The molecule has 0 aliphatic carbocycles. The molecule has 46 heteroatoms. The van der Waals surface area contributed by atoms with Crippen molar-refractivity contribution in [3.05, 3.63) is 0 Å². The minimum atomic E-state index is -3.09. The van der Waals surface area contributed by atoms with Crippen LogP contribution in [0.3, 0.4) is 0 Å². The van der Waals surface area contributed by atoms with Gasteiger partial charge in [0.1, 0.15) is 6.73 Å². The Kier molecular flexibility index (Phi) is 68.7. The highest BCUT2D eigenvalue weighted by Crippen LogP contribution is 2.63. The second-order valence-corrected chi connectivity index (χ2v) is 51.1. The van der Waals surface area contributed by atoms with Gasteiger partial charge in [-0.1, -0.05) is 56.9 Å². The molecule has 524 valence electrons. The highest BCUT2D eigenvalue weighted by atomic mass is 32.9. The van der Waals surface area contributed by atoms with Crippen molar-refractivity contribution in [3.63, 3.8) is 0 Å². The van der Waals surface area contributed by atoms with Crippen molar-refractivity contribution in [1.29, 1.82) is 0 Å². The molecule has 0 aliphatic rings. The minimum Gasteiger partial charge on any atom is -0.449 e. The summed E-state index contributed by atoms with van der Waals surface area (Å²) in [5.74, 6) is -0.217. The van der Waals surface area contributed by atoms with E-state index in [1.807, 2.05) is 48.5 Å². The predicted molar refractivity (Wildman–Crippen MR) is 381 cm³/mol. The molecule has 0 rings (SSSR count). The molecule has 0 saturated heterocycles. The van der Waals surface area contributed by atoms with Crippen molar-refractivity contribution in [3.8, 4) is 0 Å². The van der Waals surface area contributed by atoms with Crippen LogP contribution < -0.4 is 21.3 Å². The highest BCUT2D eigenvalue weighted by molar-refractivity contribution is 8.69. The molecule has 0 aromatic heterocycles. The highest BCUT2D eigenvalue weighted by Gasteiger charge is 2.26. The van der Waals surface area contributed by atoms with Gasteiger partial charge in [-0.15, -0.1) is 0 Å². The molecule has 0 atom stereocenters. The number of nitrogens with one attached hydrogen (secondary N) is 4. The smallest absolute Gasteiger partial charge is 0.416 e. The van der Waals surface area contributed by atoms with E-state index in [4.69, 9.17) is 109 Å². The topological polar surface area (TPSA) is 337 Å². The van der Waals surface area contributed by atoms with E-state index >= 15 is 0 Å². The largest absolute Gasteiger partial charge is 0.449 e. The zero-order valence-electron chi connectivity index (χ0n) is 53.3. The van der Waals surface area contributed by atoms with Crippen LogP contribution in [0.2, 0.25) is 0 Å². The Morgan fingerprint density at radius 2 is 0.818 bits per heavy atom. The summed E-state index contributed by atoms with van der Waals surface area (Å²) in [6.07, 6.45) is -0.222. The third-order valence-corrected chi connectivity index (χ3v) is 39.7. The van der Waals surface area contributed by atoms with E-state index in [1.165, 1.54) is 119 Å². The number of carbonyl (C=O) groups is 8. The molecule has 0 heterocycles. The van der Waals surface area contributed by atoms with Crippen LogP contribution in [0.25, 0.3) is 0 Å². The van der Waals surface area contributed by atoms with Crippen molar-refractivity contribution in [2.45, 2.75) is 61.4 Å². The minimum absolute atomic E-state index is 0.0204. The van der Waals surface area contributed by atoms with Gasteiger partial charge in [0.2, 0.25) is 70.3 Å². The Morgan fingerprint density at radius 1 is 0.477 bits per heavy atom. The molecule has 0 saturated carbocycles. The van der Waals surface area contributed by atoms with Crippen LogP contribution in [0.1, 0.15) is 55.4 Å². The number of methoxy groups -OCH3 is 1. The lowest BCUT2D eigenvalue weighted by atomic mass is 10.4. The first-order chi connectivity index (χ1) is 41.0. The SMILES string of the molecule is CCNC(=O)CSP(=S)(OC)OC.CCOC(=O)N(C)C(=O)CSP(=S)(OCC)OCC.CCOP(=S)(OCC)SCC(=O)NC(C)C.CNC(=O)CSP(=O)(OC)OC.COCNC(=O)CSP(=S)(OC)OC.COP(=S)(OC)SCC(=O)N(C)C=O. The van der Waals surface area contributed by atoms with Gasteiger partial charge in [-0.2, -0.15) is 0 Å². The normalized spacial score (nSPS) is 11.3. The van der Waals surface area contributed by atoms with E-state index in [1.54, 1.807) is 6.92 Å². The Hall–Kier alpha value is 1.02. The quantitative estimate of drug-likeness (QED) is 0.0252. The summed E-state index contributed by atoms with van der Waals surface area (Å²) in [6, 6.07) is 0.144. The third-order valence-electron chi connectivity index (χ3n) is 8.03. The van der Waals surface area contributed by atoms with Crippen molar-refractivity contribution >= 4 is 211 Å². The second-order valence-electron chi connectivity index (χ2n) is 14.6. The van der Waals surface area contributed by atoms with Crippen LogP contribution in [-0.4, -0.2) is 230 Å². The molecule has 0 aromatic carbocycles. The Morgan fingerprint density at radius 3 is 1.14 bits per heavy atom. The molecule has 0 aliphatic heterocycles. The summed E-state index contributed by atoms with van der Waals surface area (Å²) in [5.41, 5.74) is -11.8. The zero-order chi connectivity index (χ0) is 69.6. The van der Waals surface area contributed by atoms with Gasteiger partial charge in [-0.05, 0) is 126 Å². The van der Waals surface area contributed by atoms with Crippen molar-refractivity contribution in [2.24, 2.45) is 0 Å². The van der Waals surface area contributed by atoms with E-state index in [2.05, 4.69) is 35.1 Å². The number of amides is 8. The third kappa shape index (κ3) is 56.2. The predicted octanol–water partition coefficient (Wildman–Crippen LogP) is 9.22. The molecule has 29 nitrogen and oxygen atoms in total. The number of nitrogens with zero attached hydrogens (tertiary/aromatic N) is 2. The summed E-state index contributed by atoms with van der Waals surface area (Å²) < 4.78 is 81.4. The maximum absolute atomic E-state index is 11.8. The maximum atomic E-state index is 11.8. The van der Waals surface area contributed by atoms with Crippen LogP contribution in [-0.2, 0) is 161 Å². The summed E-state index contributed by atoms with van der Waals surface area (Å²) in [7, 11) is 17.1. The molecule has 88 heavy (non-hydrogen) atoms. The summed E-state index contributed by atoms with van der Waals surface area (Å²) in [5, 5.41) is 10.4. The van der Waals surface area contributed by atoms with Crippen LogP contribution in [0.5, 0.6) is 0 Å². The van der Waals surface area contributed by atoms with Gasteiger partial charge < -0.3 is 85.0 Å². The number of hydrogen-bond donors (Lipinski definition) is 4. The van der Waals surface area contributed by atoms with Crippen LogP contribution >= 0.6 is 104 Å². The van der Waals surface area contributed by atoms with Crippen molar-refractivity contribution in [1.82, 2.24) is 31.1 Å². The summed E-state index contributed by atoms with van der Waals surface area (Å²) >= 11 is 32.5. The fourth-order valence-corrected chi connectivity index (χ4v) is 22.7. The zero-order valence-corrected chi connectivity index (χ0v) is 67.7. The molecule has 0 spiro atoms.